The van der Waals surface area contributed by atoms with Crippen molar-refractivity contribution < 1.29 is 14.3 Å². The van der Waals surface area contributed by atoms with Crippen LogP contribution in [0.3, 0.4) is 0 Å². The lowest BCUT2D eigenvalue weighted by atomic mass is 10.0. The number of hydrogen-bond acceptors (Lipinski definition) is 6. The Labute approximate surface area is 214 Å². The number of nitrogens with zero attached hydrogens (tertiary/aromatic N) is 4. The van der Waals surface area contributed by atoms with Gasteiger partial charge in [0.2, 0.25) is 0 Å². The summed E-state index contributed by atoms with van der Waals surface area (Å²) in [5.41, 5.74) is 1.59. The SMILES string of the molecule is CC(C)(C)N(C[C@H](Nc1nc(Nc2ccc3ncccc3c2)c(C#N)cc1F)c1ccccc1)C(=O)O. The van der Waals surface area contributed by atoms with Crippen molar-refractivity contribution in [2.24, 2.45) is 0 Å². The fourth-order valence-electron chi connectivity index (χ4n) is 3.97. The summed E-state index contributed by atoms with van der Waals surface area (Å²) < 4.78 is 15.1. The summed E-state index contributed by atoms with van der Waals surface area (Å²) in [6.07, 6.45) is 0.619. The van der Waals surface area contributed by atoms with E-state index in [4.69, 9.17) is 0 Å². The summed E-state index contributed by atoms with van der Waals surface area (Å²) >= 11 is 0. The molecule has 37 heavy (non-hydrogen) atoms. The molecule has 0 aliphatic rings. The number of pyridine rings is 2. The lowest BCUT2D eigenvalue weighted by Gasteiger charge is -2.36. The van der Waals surface area contributed by atoms with Crippen LogP contribution in [-0.2, 0) is 0 Å². The van der Waals surface area contributed by atoms with E-state index in [2.05, 4.69) is 20.6 Å². The van der Waals surface area contributed by atoms with Crippen molar-refractivity contribution in [1.29, 1.82) is 5.26 Å². The van der Waals surface area contributed by atoms with Gasteiger partial charge >= 0.3 is 6.09 Å². The van der Waals surface area contributed by atoms with E-state index in [1.54, 1.807) is 33.0 Å². The number of hydrogen-bond donors (Lipinski definition) is 3. The van der Waals surface area contributed by atoms with E-state index >= 15 is 4.39 Å². The second-order valence-corrected chi connectivity index (χ2v) is 9.53. The second kappa shape index (κ2) is 10.5. The Kier molecular flexibility index (Phi) is 7.20. The van der Waals surface area contributed by atoms with Gasteiger partial charge < -0.3 is 20.6 Å². The first-order valence-electron chi connectivity index (χ1n) is 11.7. The highest BCUT2D eigenvalue weighted by Gasteiger charge is 2.30. The molecule has 3 N–H and O–H groups in total. The van der Waals surface area contributed by atoms with E-state index in [1.165, 1.54) is 4.90 Å². The number of fused-ring (bicyclic) bond motifs is 1. The van der Waals surface area contributed by atoms with E-state index < -0.39 is 23.5 Å². The van der Waals surface area contributed by atoms with Crippen LogP contribution in [0.5, 0.6) is 0 Å². The topological polar surface area (TPSA) is 114 Å². The molecule has 8 nitrogen and oxygen atoms in total. The van der Waals surface area contributed by atoms with Gasteiger partial charge in [-0.15, -0.1) is 0 Å². The molecule has 2 heterocycles. The molecule has 0 aliphatic heterocycles. The van der Waals surface area contributed by atoms with Gasteiger partial charge in [-0.25, -0.2) is 14.2 Å². The highest BCUT2D eigenvalue weighted by Crippen LogP contribution is 2.29. The average Bonchev–Trinajstić information content (AvgIpc) is 2.87. The Morgan fingerprint density at radius 2 is 1.86 bits per heavy atom. The van der Waals surface area contributed by atoms with Gasteiger partial charge in [0.25, 0.3) is 0 Å². The predicted octanol–water partition coefficient (Wildman–Crippen LogP) is 6.32. The lowest BCUT2D eigenvalue weighted by Crippen LogP contribution is -2.48. The minimum atomic E-state index is -1.09. The highest BCUT2D eigenvalue weighted by molar-refractivity contribution is 5.83. The molecular weight excluding hydrogens is 471 g/mol. The van der Waals surface area contributed by atoms with E-state index in [9.17, 15) is 15.2 Å². The standard InChI is InChI=1S/C28H27FN6O2/c1-28(2,3)35(27(36)37)17-24(18-8-5-4-6-9-18)33-26-22(29)15-20(16-30)25(34-26)32-21-11-12-23-19(14-21)10-7-13-31-23/h4-15,24H,17H2,1-3H3,(H,36,37)(H2,32,33,34)/t24-/m0/s1. The molecule has 4 aromatic rings. The fourth-order valence-corrected chi connectivity index (χ4v) is 3.97. The molecule has 1 atom stereocenters. The molecule has 0 unspecified atom stereocenters. The zero-order valence-corrected chi connectivity index (χ0v) is 20.7. The monoisotopic (exact) mass is 498 g/mol. The average molecular weight is 499 g/mol. The third kappa shape index (κ3) is 5.93. The molecule has 2 aromatic heterocycles. The van der Waals surface area contributed by atoms with Crippen LogP contribution in [-0.4, -0.2) is 38.2 Å². The molecule has 0 fully saturated rings. The first-order valence-corrected chi connectivity index (χ1v) is 11.7. The number of nitriles is 1. The summed E-state index contributed by atoms with van der Waals surface area (Å²) in [5, 5.41) is 26.5. The lowest BCUT2D eigenvalue weighted by molar-refractivity contribution is 0.0974. The Bertz CT molecular complexity index is 1460. The summed E-state index contributed by atoms with van der Waals surface area (Å²) in [5.74, 6) is -0.646. The summed E-state index contributed by atoms with van der Waals surface area (Å²) in [6, 6.07) is 20.9. The van der Waals surface area contributed by atoms with Gasteiger partial charge in [-0.1, -0.05) is 36.4 Å². The van der Waals surface area contributed by atoms with Crippen molar-refractivity contribution in [3.8, 4) is 6.07 Å². The van der Waals surface area contributed by atoms with Gasteiger partial charge in [0, 0.05) is 29.4 Å². The molecule has 0 aliphatic carbocycles. The van der Waals surface area contributed by atoms with Crippen LogP contribution in [0, 0.1) is 17.1 Å². The molecular formula is C28H27FN6O2. The molecule has 1 amide bonds. The van der Waals surface area contributed by atoms with Gasteiger partial charge in [0.05, 0.1) is 17.1 Å². The third-order valence-electron chi connectivity index (χ3n) is 5.88. The smallest absolute Gasteiger partial charge is 0.407 e. The van der Waals surface area contributed by atoms with Crippen LogP contribution in [0.15, 0.2) is 72.9 Å². The summed E-state index contributed by atoms with van der Waals surface area (Å²) in [6.45, 7) is 5.44. The van der Waals surface area contributed by atoms with Gasteiger partial charge in [0.15, 0.2) is 17.5 Å². The molecule has 0 bridgehead atoms. The maximum atomic E-state index is 15.1. The van der Waals surface area contributed by atoms with Gasteiger partial charge in [0.1, 0.15) is 6.07 Å². The van der Waals surface area contributed by atoms with Crippen molar-refractivity contribution in [2.45, 2.75) is 32.4 Å². The van der Waals surface area contributed by atoms with Crippen molar-refractivity contribution in [2.75, 3.05) is 17.2 Å². The van der Waals surface area contributed by atoms with Crippen molar-refractivity contribution in [3.05, 3.63) is 89.9 Å². The fraction of sp³-hybridized carbons (Fsp3) is 0.214. The zero-order valence-electron chi connectivity index (χ0n) is 20.7. The maximum absolute atomic E-state index is 15.1. The van der Waals surface area contributed by atoms with Gasteiger partial charge in [-0.05, 0) is 56.7 Å². The molecule has 2 aromatic carbocycles. The first-order chi connectivity index (χ1) is 17.7. The van der Waals surface area contributed by atoms with Crippen molar-refractivity contribution >= 4 is 34.3 Å². The number of aromatic nitrogens is 2. The number of rotatable bonds is 7. The predicted molar refractivity (Wildman–Crippen MR) is 141 cm³/mol. The molecule has 4 rings (SSSR count). The number of anilines is 3. The Morgan fingerprint density at radius 3 is 2.54 bits per heavy atom. The highest BCUT2D eigenvalue weighted by atomic mass is 19.1. The Balaban J connectivity index is 1.70. The largest absolute Gasteiger partial charge is 0.465 e. The van der Waals surface area contributed by atoms with Crippen LogP contribution in [0.25, 0.3) is 10.9 Å². The zero-order chi connectivity index (χ0) is 26.6. The number of carbonyl (C=O) groups is 1. The maximum Gasteiger partial charge on any atom is 0.407 e. The van der Waals surface area contributed by atoms with Crippen LogP contribution in [0.1, 0.15) is 37.9 Å². The second-order valence-electron chi connectivity index (χ2n) is 9.53. The van der Waals surface area contributed by atoms with Crippen LogP contribution in [0.2, 0.25) is 0 Å². The van der Waals surface area contributed by atoms with E-state index in [-0.39, 0.29) is 23.7 Å². The number of halogens is 1. The minimum Gasteiger partial charge on any atom is -0.465 e. The van der Waals surface area contributed by atoms with Gasteiger partial charge in [-0.2, -0.15) is 5.26 Å². The normalized spacial score (nSPS) is 12.0. The van der Waals surface area contributed by atoms with Crippen molar-refractivity contribution in [3.63, 3.8) is 0 Å². The number of carboxylic acid groups (broad SMARTS) is 1. The number of amides is 1. The molecule has 9 heteroatoms. The minimum absolute atomic E-state index is 0.0347. The summed E-state index contributed by atoms with van der Waals surface area (Å²) in [7, 11) is 0. The molecule has 0 saturated carbocycles. The Morgan fingerprint density at radius 1 is 1.11 bits per heavy atom. The van der Waals surface area contributed by atoms with Crippen LogP contribution in [0.4, 0.5) is 26.5 Å². The van der Waals surface area contributed by atoms with E-state index in [0.29, 0.717) is 5.69 Å². The number of nitrogens with one attached hydrogen (secondary N) is 2. The molecule has 0 spiro atoms. The first kappa shape index (κ1) is 25.4. The van der Waals surface area contributed by atoms with Crippen LogP contribution < -0.4 is 10.6 Å². The van der Waals surface area contributed by atoms with E-state index in [0.717, 1.165) is 22.5 Å². The number of benzene rings is 2. The van der Waals surface area contributed by atoms with Crippen molar-refractivity contribution in [1.82, 2.24) is 14.9 Å². The van der Waals surface area contributed by atoms with E-state index in [1.807, 2.05) is 60.7 Å². The third-order valence-corrected chi connectivity index (χ3v) is 5.88. The molecule has 0 saturated heterocycles. The van der Waals surface area contributed by atoms with Crippen LogP contribution >= 0.6 is 0 Å². The Hall–Kier alpha value is -4.71. The quantitative estimate of drug-likeness (QED) is 0.273. The van der Waals surface area contributed by atoms with Gasteiger partial charge in [-0.3, -0.25) is 4.98 Å². The molecule has 188 valence electrons. The summed E-state index contributed by atoms with van der Waals surface area (Å²) in [4.78, 5) is 22.0. The molecule has 0 radical (unpaired) electrons.